The summed E-state index contributed by atoms with van der Waals surface area (Å²) in [5.74, 6) is -0.201. The fraction of sp³-hybridized carbons (Fsp3) is 0.556. The smallest absolute Gasteiger partial charge is 0.285 e. The fourth-order valence-corrected chi connectivity index (χ4v) is 2.12. The third-order valence-corrected chi connectivity index (χ3v) is 3.25. The van der Waals surface area contributed by atoms with Crippen LogP contribution in [0.5, 0.6) is 0 Å². The largest absolute Gasteiger partial charge is 0.363 e. The van der Waals surface area contributed by atoms with Crippen LogP contribution in [-0.4, -0.2) is 53.9 Å². The third-order valence-electron chi connectivity index (χ3n) is 2.32. The summed E-state index contributed by atoms with van der Waals surface area (Å²) in [6.45, 7) is 1.14. The van der Waals surface area contributed by atoms with E-state index in [1.165, 1.54) is 11.3 Å². The number of morpholine rings is 1. The summed E-state index contributed by atoms with van der Waals surface area (Å²) in [6, 6.07) is 2.00. The van der Waals surface area contributed by atoms with E-state index in [0.717, 1.165) is 0 Å². The normalized spacial score (nSPS) is 19.8. The van der Waals surface area contributed by atoms with E-state index in [1.54, 1.807) is 11.9 Å². The van der Waals surface area contributed by atoms with Crippen molar-refractivity contribution in [2.45, 2.75) is 6.10 Å². The lowest BCUT2D eigenvalue weighted by molar-refractivity contribution is 0.00342. The molecule has 1 fully saturated rings. The maximum Gasteiger partial charge on any atom is 0.285 e. The van der Waals surface area contributed by atoms with Crippen LogP contribution in [0.2, 0.25) is 0 Å². The third kappa shape index (κ3) is 2.51. The molecule has 2 heterocycles. The average molecular weight is 253 g/mol. The van der Waals surface area contributed by atoms with Gasteiger partial charge in [0, 0.05) is 13.6 Å². The molecule has 1 N–H and O–H groups in total. The molecular formula is C9H11N5O2S. The second-order valence-electron chi connectivity index (χ2n) is 3.40. The van der Waals surface area contributed by atoms with Crippen molar-refractivity contribution in [2.24, 2.45) is 0 Å². The fourth-order valence-electron chi connectivity index (χ4n) is 1.46. The summed E-state index contributed by atoms with van der Waals surface area (Å²) in [7, 11) is 1.72. The van der Waals surface area contributed by atoms with Crippen molar-refractivity contribution in [3.05, 3.63) is 5.01 Å². The Morgan fingerprint density at radius 3 is 3.18 bits per heavy atom. The molecule has 1 unspecified atom stereocenters. The first-order valence-corrected chi connectivity index (χ1v) is 5.88. The molecule has 8 heteroatoms. The Morgan fingerprint density at radius 2 is 2.53 bits per heavy atom. The van der Waals surface area contributed by atoms with Gasteiger partial charge in [-0.2, -0.15) is 5.26 Å². The van der Waals surface area contributed by atoms with Gasteiger partial charge in [0.05, 0.1) is 19.2 Å². The molecule has 1 aliphatic heterocycles. The van der Waals surface area contributed by atoms with Crippen LogP contribution in [0, 0.1) is 11.3 Å². The van der Waals surface area contributed by atoms with Gasteiger partial charge in [-0.05, 0) is 0 Å². The number of nitriles is 1. The standard InChI is InChI=1S/C9H11N5O2S/c1-11-9-13-12-7(17-9)8(15)14-2-3-16-6(4-10)5-14/h6H,2-3,5H2,1H3,(H,11,13). The van der Waals surface area contributed by atoms with Crippen LogP contribution in [0.15, 0.2) is 0 Å². The Morgan fingerprint density at radius 1 is 1.71 bits per heavy atom. The number of nitrogens with one attached hydrogen (secondary N) is 1. The molecule has 0 saturated carbocycles. The zero-order chi connectivity index (χ0) is 12.3. The lowest BCUT2D eigenvalue weighted by Gasteiger charge is -2.28. The summed E-state index contributed by atoms with van der Waals surface area (Å²) >= 11 is 1.20. The number of carbonyl (C=O) groups is 1. The van der Waals surface area contributed by atoms with Crippen LogP contribution in [-0.2, 0) is 4.74 Å². The van der Waals surface area contributed by atoms with Gasteiger partial charge in [0.2, 0.25) is 10.1 Å². The summed E-state index contributed by atoms with van der Waals surface area (Å²) < 4.78 is 5.17. The number of ether oxygens (including phenoxy) is 1. The molecule has 0 spiro atoms. The van der Waals surface area contributed by atoms with Gasteiger partial charge in [0.1, 0.15) is 0 Å². The van der Waals surface area contributed by atoms with Crippen LogP contribution >= 0.6 is 11.3 Å². The van der Waals surface area contributed by atoms with Crippen LogP contribution in [0.3, 0.4) is 0 Å². The quantitative estimate of drug-likeness (QED) is 0.794. The zero-order valence-corrected chi connectivity index (χ0v) is 10.0. The number of aromatic nitrogens is 2. The molecule has 7 nitrogen and oxygen atoms in total. The molecule has 0 aromatic carbocycles. The van der Waals surface area contributed by atoms with Gasteiger partial charge in [-0.25, -0.2) is 0 Å². The maximum absolute atomic E-state index is 12.0. The van der Waals surface area contributed by atoms with Gasteiger partial charge in [-0.15, -0.1) is 10.2 Å². The lowest BCUT2D eigenvalue weighted by Crippen LogP contribution is -2.45. The molecule has 17 heavy (non-hydrogen) atoms. The van der Waals surface area contributed by atoms with E-state index in [-0.39, 0.29) is 12.5 Å². The van der Waals surface area contributed by atoms with Crippen molar-refractivity contribution in [3.8, 4) is 6.07 Å². The highest BCUT2D eigenvalue weighted by molar-refractivity contribution is 7.17. The first-order chi connectivity index (χ1) is 8.24. The highest BCUT2D eigenvalue weighted by Gasteiger charge is 2.26. The van der Waals surface area contributed by atoms with Crippen molar-refractivity contribution in [3.63, 3.8) is 0 Å². The Balaban J connectivity index is 2.07. The predicted molar refractivity (Wildman–Crippen MR) is 60.7 cm³/mol. The number of anilines is 1. The van der Waals surface area contributed by atoms with E-state index in [2.05, 4.69) is 15.5 Å². The Kier molecular flexibility index (Phi) is 3.51. The number of amides is 1. The maximum atomic E-state index is 12.0. The Labute approximate surface area is 102 Å². The monoisotopic (exact) mass is 253 g/mol. The second-order valence-corrected chi connectivity index (χ2v) is 4.38. The highest BCUT2D eigenvalue weighted by atomic mass is 32.1. The molecule has 1 aromatic rings. The van der Waals surface area contributed by atoms with E-state index in [0.29, 0.717) is 23.3 Å². The van der Waals surface area contributed by atoms with Gasteiger partial charge in [0.15, 0.2) is 6.10 Å². The molecule has 0 bridgehead atoms. The Hall–Kier alpha value is -1.72. The van der Waals surface area contributed by atoms with Crippen LogP contribution in [0.25, 0.3) is 0 Å². The average Bonchev–Trinajstić information content (AvgIpc) is 2.86. The summed E-state index contributed by atoms with van der Waals surface area (Å²) in [6.07, 6.45) is -0.551. The zero-order valence-electron chi connectivity index (χ0n) is 9.21. The van der Waals surface area contributed by atoms with Crippen molar-refractivity contribution >= 4 is 22.4 Å². The van der Waals surface area contributed by atoms with Gasteiger partial charge in [0.25, 0.3) is 5.91 Å². The molecule has 1 aliphatic rings. The Bertz CT molecular complexity index is 454. The van der Waals surface area contributed by atoms with Gasteiger partial charge < -0.3 is 15.0 Å². The van der Waals surface area contributed by atoms with Crippen molar-refractivity contribution < 1.29 is 9.53 Å². The lowest BCUT2D eigenvalue weighted by atomic mass is 10.3. The molecule has 1 aromatic heterocycles. The number of hydrogen-bond acceptors (Lipinski definition) is 7. The minimum atomic E-state index is -0.551. The van der Waals surface area contributed by atoms with E-state index in [1.807, 2.05) is 6.07 Å². The first kappa shape index (κ1) is 11.8. The van der Waals surface area contributed by atoms with Gasteiger partial charge in [-0.3, -0.25) is 4.79 Å². The molecule has 90 valence electrons. The van der Waals surface area contributed by atoms with E-state index < -0.39 is 6.10 Å². The summed E-state index contributed by atoms with van der Waals surface area (Å²) in [5, 5.41) is 20.1. The van der Waals surface area contributed by atoms with Crippen molar-refractivity contribution in [2.75, 3.05) is 32.1 Å². The minimum absolute atomic E-state index is 0.201. The molecular weight excluding hydrogens is 242 g/mol. The van der Waals surface area contributed by atoms with Crippen molar-refractivity contribution in [1.29, 1.82) is 5.26 Å². The van der Waals surface area contributed by atoms with Crippen LogP contribution in [0.1, 0.15) is 9.80 Å². The number of carbonyl (C=O) groups excluding carboxylic acids is 1. The SMILES string of the molecule is CNc1nnc(C(=O)N2CCOC(C#N)C2)s1. The second kappa shape index (κ2) is 5.07. The first-order valence-electron chi connectivity index (χ1n) is 5.06. The summed E-state index contributed by atoms with van der Waals surface area (Å²) in [5.41, 5.74) is 0. The van der Waals surface area contributed by atoms with E-state index in [4.69, 9.17) is 10.00 Å². The molecule has 1 amide bonds. The summed E-state index contributed by atoms with van der Waals surface area (Å²) in [4.78, 5) is 13.6. The highest BCUT2D eigenvalue weighted by Crippen LogP contribution is 2.17. The minimum Gasteiger partial charge on any atom is -0.363 e. The number of hydrogen-bond donors (Lipinski definition) is 1. The van der Waals surface area contributed by atoms with E-state index in [9.17, 15) is 4.79 Å². The molecule has 0 radical (unpaired) electrons. The van der Waals surface area contributed by atoms with Crippen LogP contribution < -0.4 is 5.32 Å². The number of rotatable bonds is 2. The van der Waals surface area contributed by atoms with Gasteiger partial charge >= 0.3 is 0 Å². The topological polar surface area (TPSA) is 91.1 Å². The molecule has 1 saturated heterocycles. The predicted octanol–water partition coefficient (Wildman–Crippen LogP) is -0.0556. The number of nitrogens with zero attached hydrogens (tertiary/aromatic N) is 4. The molecule has 1 atom stereocenters. The molecule has 0 aliphatic carbocycles. The van der Waals surface area contributed by atoms with Gasteiger partial charge in [-0.1, -0.05) is 11.3 Å². The van der Waals surface area contributed by atoms with Crippen molar-refractivity contribution in [1.82, 2.24) is 15.1 Å². The molecule has 2 rings (SSSR count). The van der Waals surface area contributed by atoms with Crippen LogP contribution in [0.4, 0.5) is 5.13 Å². The van der Waals surface area contributed by atoms with E-state index >= 15 is 0 Å².